The van der Waals surface area contributed by atoms with Crippen molar-refractivity contribution < 1.29 is 13.2 Å². The Kier molecular flexibility index (Phi) is 4.24. The first-order chi connectivity index (χ1) is 7.34. The third-order valence-electron chi connectivity index (χ3n) is 1.81. The summed E-state index contributed by atoms with van der Waals surface area (Å²) in [6.07, 6.45) is 1.22. The summed E-state index contributed by atoms with van der Waals surface area (Å²) in [5.41, 5.74) is 0. The zero-order valence-electron chi connectivity index (χ0n) is 8.48. The van der Waals surface area contributed by atoms with Gasteiger partial charge in [0.15, 0.2) is 0 Å². The molecule has 0 spiro atoms. The third-order valence-corrected chi connectivity index (χ3v) is 3.39. The van der Waals surface area contributed by atoms with Crippen molar-refractivity contribution in [1.82, 2.24) is 0 Å². The van der Waals surface area contributed by atoms with Gasteiger partial charge in [0.2, 0.25) is 0 Å². The van der Waals surface area contributed by atoms with Gasteiger partial charge in [0, 0.05) is 15.7 Å². The zero-order valence-corrected chi connectivity index (χ0v) is 10.8. The Morgan fingerprint density at radius 1 is 1.50 bits per heavy atom. The van der Waals surface area contributed by atoms with Crippen molar-refractivity contribution in [3.8, 4) is 5.75 Å². The van der Waals surface area contributed by atoms with E-state index in [0.29, 0.717) is 0 Å². The molecule has 1 rings (SSSR count). The Morgan fingerprint density at radius 2 is 2.12 bits per heavy atom. The lowest BCUT2D eigenvalue weighted by atomic mass is 10.3. The van der Waals surface area contributed by atoms with Gasteiger partial charge in [0.25, 0.3) is 9.05 Å². The molecule has 0 radical (unpaired) electrons. The predicted molar refractivity (Wildman–Crippen MR) is 64.8 cm³/mol. The summed E-state index contributed by atoms with van der Waals surface area (Å²) in [4.78, 5) is -0.143. The first-order valence-corrected chi connectivity index (χ1v) is 7.06. The Hall–Kier alpha value is -0.710. The number of hydrogen-bond acceptors (Lipinski definition) is 3. The van der Waals surface area contributed by atoms with Crippen LogP contribution < -0.4 is 4.74 Å². The van der Waals surface area contributed by atoms with Crippen LogP contribution in [0.15, 0.2) is 35.7 Å². The average molecular weight is 281 g/mol. The molecule has 0 N–H and O–H groups in total. The fourth-order valence-electron chi connectivity index (χ4n) is 1.02. The maximum atomic E-state index is 11.3. The maximum absolute atomic E-state index is 11.3. The second-order valence-corrected chi connectivity index (χ2v) is 6.06. The summed E-state index contributed by atoms with van der Waals surface area (Å²) in [5.74, 6) is 0.159. The van der Waals surface area contributed by atoms with E-state index in [0.717, 1.165) is 0 Å². The van der Waals surface area contributed by atoms with E-state index < -0.39 is 9.05 Å². The van der Waals surface area contributed by atoms with Crippen LogP contribution in [0, 0.1) is 0 Å². The molecular weight excluding hydrogens is 271 g/mol. The standard InChI is InChI=1S/C10H10Cl2O3S/c1-3-7(2)15-9-5-4-8(11)6-10(9)16(12,13)14/h3-7H,1H2,2H3. The molecule has 0 heterocycles. The van der Waals surface area contributed by atoms with Gasteiger partial charge in [-0.05, 0) is 25.1 Å². The quantitative estimate of drug-likeness (QED) is 0.628. The van der Waals surface area contributed by atoms with Crippen LogP contribution in [0.1, 0.15) is 6.92 Å². The van der Waals surface area contributed by atoms with Crippen molar-refractivity contribution in [2.24, 2.45) is 0 Å². The summed E-state index contributed by atoms with van der Waals surface area (Å²) >= 11 is 5.69. The molecule has 1 aromatic carbocycles. The molecule has 16 heavy (non-hydrogen) atoms. The largest absolute Gasteiger partial charge is 0.485 e. The highest BCUT2D eigenvalue weighted by atomic mass is 35.7. The lowest BCUT2D eigenvalue weighted by molar-refractivity contribution is 0.263. The highest BCUT2D eigenvalue weighted by Gasteiger charge is 2.18. The van der Waals surface area contributed by atoms with E-state index in [4.69, 9.17) is 27.0 Å². The molecule has 0 fully saturated rings. The van der Waals surface area contributed by atoms with Crippen LogP contribution in [0.3, 0.4) is 0 Å². The second-order valence-electron chi connectivity index (χ2n) is 3.09. The van der Waals surface area contributed by atoms with E-state index in [2.05, 4.69) is 6.58 Å². The molecule has 1 unspecified atom stereocenters. The Bertz CT molecular complexity index is 497. The van der Waals surface area contributed by atoms with Crippen molar-refractivity contribution in [2.45, 2.75) is 17.9 Å². The minimum Gasteiger partial charge on any atom is -0.485 e. The van der Waals surface area contributed by atoms with Gasteiger partial charge in [-0.2, -0.15) is 0 Å². The molecule has 6 heteroatoms. The van der Waals surface area contributed by atoms with Crippen molar-refractivity contribution in [1.29, 1.82) is 0 Å². The highest BCUT2D eigenvalue weighted by molar-refractivity contribution is 8.13. The second kappa shape index (κ2) is 5.08. The minimum absolute atomic E-state index is 0.143. The molecule has 0 aliphatic rings. The fraction of sp³-hybridized carbons (Fsp3) is 0.200. The van der Waals surface area contributed by atoms with Crippen molar-refractivity contribution in [3.05, 3.63) is 35.9 Å². The number of benzene rings is 1. The van der Waals surface area contributed by atoms with Crippen LogP contribution in [-0.4, -0.2) is 14.5 Å². The van der Waals surface area contributed by atoms with Gasteiger partial charge < -0.3 is 4.74 Å². The molecule has 3 nitrogen and oxygen atoms in total. The van der Waals surface area contributed by atoms with Gasteiger partial charge in [-0.1, -0.05) is 24.3 Å². The smallest absolute Gasteiger partial charge is 0.265 e. The summed E-state index contributed by atoms with van der Waals surface area (Å²) in [6.45, 7) is 5.26. The molecule has 0 saturated heterocycles. The molecule has 0 aromatic heterocycles. The van der Waals surface area contributed by atoms with Gasteiger partial charge in [-0.15, -0.1) is 0 Å². The molecule has 1 aromatic rings. The van der Waals surface area contributed by atoms with Crippen LogP contribution in [0.2, 0.25) is 5.02 Å². The molecular formula is C10H10Cl2O3S. The van der Waals surface area contributed by atoms with Crippen LogP contribution in [0.25, 0.3) is 0 Å². The predicted octanol–water partition coefficient (Wildman–Crippen LogP) is 3.22. The van der Waals surface area contributed by atoms with Gasteiger partial charge in [0.1, 0.15) is 16.7 Å². The van der Waals surface area contributed by atoms with Crippen LogP contribution >= 0.6 is 22.3 Å². The molecule has 0 bridgehead atoms. The van der Waals surface area contributed by atoms with Crippen molar-refractivity contribution in [2.75, 3.05) is 0 Å². The summed E-state index contributed by atoms with van der Waals surface area (Å²) in [7, 11) is 1.39. The monoisotopic (exact) mass is 280 g/mol. The van der Waals surface area contributed by atoms with Crippen LogP contribution in [0.5, 0.6) is 5.75 Å². The van der Waals surface area contributed by atoms with E-state index in [1.807, 2.05) is 0 Å². The number of rotatable bonds is 4. The first kappa shape index (κ1) is 13.4. The molecule has 88 valence electrons. The summed E-state index contributed by atoms with van der Waals surface area (Å²) < 4.78 is 27.9. The van der Waals surface area contributed by atoms with Gasteiger partial charge in [0.05, 0.1) is 0 Å². The highest BCUT2D eigenvalue weighted by Crippen LogP contribution is 2.30. The number of ether oxygens (including phenoxy) is 1. The number of hydrogen-bond donors (Lipinski definition) is 0. The molecule has 0 aliphatic carbocycles. The van der Waals surface area contributed by atoms with Gasteiger partial charge >= 0.3 is 0 Å². The van der Waals surface area contributed by atoms with Gasteiger partial charge in [-0.3, -0.25) is 0 Å². The lowest BCUT2D eigenvalue weighted by Crippen LogP contribution is -2.09. The number of halogens is 2. The summed E-state index contributed by atoms with van der Waals surface area (Å²) in [6, 6.07) is 4.23. The van der Waals surface area contributed by atoms with Crippen molar-refractivity contribution >= 4 is 31.3 Å². The Labute approximate surface area is 104 Å². The Balaban J connectivity index is 3.23. The van der Waals surface area contributed by atoms with Gasteiger partial charge in [-0.25, -0.2) is 8.42 Å². The SMILES string of the molecule is C=CC(C)Oc1ccc(Cl)cc1S(=O)(=O)Cl. The van der Waals surface area contributed by atoms with E-state index in [-0.39, 0.29) is 21.8 Å². The topological polar surface area (TPSA) is 43.4 Å². The van der Waals surface area contributed by atoms with Crippen LogP contribution in [0.4, 0.5) is 0 Å². The first-order valence-electron chi connectivity index (χ1n) is 4.38. The van der Waals surface area contributed by atoms with E-state index in [1.165, 1.54) is 18.2 Å². The minimum atomic E-state index is -3.88. The Morgan fingerprint density at radius 3 is 2.62 bits per heavy atom. The normalized spacial score (nSPS) is 13.2. The molecule has 1 atom stereocenters. The van der Waals surface area contributed by atoms with E-state index >= 15 is 0 Å². The third kappa shape index (κ3) is 3.40. The van der Waals surface area contributed by atoms with E-state index in [1.54, 1.807) is 13.0 Å². The maximum Gasteiger partial charge on any atom is 0.265 e. The molecule has 0 saturated carbocycles. The van der Waals surface area contributed by atoms with Crippen LogP contribution in [-0.2, 0) is 9.05 Å². The lowest BCUT2D eigenvalue weighted by Gasteiger charge is -2.13. The zero-order chi connectivity index (χ0) is 12.3. The van der Waals surface area contributed by atoms with Crippen molar-refractivity contribution in [3.63, 3.8) is 0 Å². The average Bonchev–Trinajstić information content (AvgIpc) is 2.19. The fourth-order valence-corrected chi connectivity index (χ4v) is 2.24. The summed E-state index contributed by atoms with van der Waals surface area (Å²) in [5, 5.41) is 0.276. The van der Waals surface area contributed by atoms with E-state index in [9.17, 15) is 8.42 Å². The molecule has 0 aliphatic heterocycles. The molecule has 0 amide bonds.